The Labute approximate surface area is 188 Å². The van der Waals surface area contributed by atoms with Crippen LogP contribution in [-0.2, 0) is 14.9 Å². The van der Waals surface area contributed by atoms with Crippen molar-refractivity contribution in [1.82, 2.24) is 4.90 Å². The largest absolute Gasteiger partial charge is 0.493 e. The summed E-state index contributed by atoms with van der Waals surface area (Å²) in [5, 5.41) is 0. The fourth-order valence-corrected chi connectivity index (χ4v) is 7.87. The molecule has 7 rings (SSSR count). The Morgan fingerprint density at radius 1 is 1.19 bits per heavy atom. The zero-order valence-corrected chi connectivity index (χ0v) is 18.6. The molecule has 2 N–H and O–H groups in total. The Hall–Kier alpha value is -1.80. The Morgan fingerprint density at radius 2 is 1.97 bits per heavy atom. The highest BCUT2D eigenvalue weighted by atomic mass is 35.5. The van der Waals surface area contributed by atoms with Crippen LogP contribution in [0.4, 0.5) is 5.69 Å². The molecule has 1 saturated carbocycles. The lowest BCUT2D eigenvalue weighted by molar-refractivity contribution is -0.132. The molecule has 6 atom stereocenters. The predicted molar refractivity (Wildman–Crippen MR) is 117 cm³/mol. The van der Waals surface area contributed by atoms with Crippen molar-refractivity contribution >= 4 is 24.0 Å². The van der Waals surface area contributed by atoms with E-state index in [0.29, 0.717) is 36.7 Å². The SMILES string of the molecule is COc1cc2c(cc1OC)[C@@]13CCN4CC5=CCO[C@H]6CC(=O)N2[C@H]1[C@H]6[C@H]5C[C@H]43.Cl.O. The summed E-state index contributed by atoms with van der Waals surface area (Å²) in [5.74, 6) is 2.57. The first kappa shape index (κ1) is 21.1. The van der Waals surface area contributed by atoms with Crippen molar-refractivity contribution in [2.45, 2.75) is 42.9 Å². The molecule has 4 fully saturated rings. The fraction of sp³-hybridized carbons (Fsp3) is 0.609. The normalized spacial score (nSPS) is 38.4. The molecule has 0 aromatic heterocycles. The quantitative estimate of drug-likeness (QED) is 0.643. The standard InChI is InChI=1S/C23H26N2O4.ClH.H2O/c1-27-16-8-14-15(9-17(16)28-2)25-20(26)10-18-21-13-7-19-23(14,22(21)25)4-5-24(19)11-12(13)3-6-29-18;;/h3,8-9,13,18-19,21-22H,4-7,10-11H2,1-2H3;1H;1H2/t13-,18-,19-,21-,22-,23+;;/m0../s1. The molecule has 0 unspecified atom stereocenters. The van der Waals surface area contributed by atoms with E-state index in [4.69, 9.17) is 14.2 Å². The number of ether oxygens (including phenoxy) is 3. The minimum atomic E-state index is -0.0242. The van der Waals surface area contributed by atoms with Gasteiger partial charge in [0.2, 0.25) is 5.91 Å². The first-order valence-corrected chi connectivity index (χ1v) is 10.8. The van der Waals surface area contributed by atoms with Crippen LogP contribution >= 0.6 is 12.4 Å². The highest BCUT2D eigenvalue weighted by Gasteiger charge is 2.71. The van der Waals surface area contributed by atoms with Gasteiger partial charge in [-0.2, -0.15) is 0 Å². The van der Waals surface area contributed by atoms with E-state index in [1.807, 2.05) is 6.07 Å². The summed E-state index contributed by atoms with van der Waals surface area (Å²) < 4.78 is 17.6. The maximum absolute atomic E-state index is 13.5. The molecule has 5 aliphatic heterocycles. The monoisotopic (exact) mass is 448 g/mol. The van der Waals surface area contributed by atoms with Crippen LogP contribution in [0.2, 0.25) is 0 Å². The van der Waals surface area contributed by atoms with E-state index >= 15 is 0 Å². The summed E-state index contributed by atoms with van der Waals surface area (Å²) in [6.07, 6.45) is 5.11. The molecule has 0 radical (unpaired) electrons. The number of amides is 1. The summed E-state index contributed by atoms with van der Waals surface area (Å²) in [4.78, 5) is 18.3. The lowest BCUT2D eigenvalue weighted by Crippen LogP contribution is -2.69. The lowest BCUT2D eigenvalue weighted by Gasteiger charge is -2.58. The van der Waals surface area contributed by atoms with E-state index in [9.17, 15) is 4.79 Å². The zero-order valence-electron chi connectivity index (χ0n) is 17.8. The number of anilines is 1. The van der Waals surface area contributed by atoms with Gasteiger partial charge in [-0.1, -0.05) is 11.6 Å². The first-order valence-electron chi connectivity index (χ1n) is 10.8. The molecule has 168 valence electrons. The number of hydrogen-bond acceptors (Lipinski definition) is 5. The average molecular weight is 449 g/mol. The molecule has 7 nitrogen and oxygen atoms in total. The molecule has 2 bridgehead atoms. The van der Waals surface area contributed by atoms with Crippen molar-refractivity contribution < 1.29 is 24.5 Å². The van der Waals surface area contributed by atoms with Gasteiger partial charge in [0.15, 0.2) is 11.5 Å². The van der Waals surface area contributed by atoms with Crippen molar-refractivity contribution in [1.29, 1.82) is 0 Å². The number of benzene rings is 1. The molecule has 6 aliphatic rings. The van der Waals surface area contributed by atoms with E-state index in [2.05, 4.69) is 21.9 Å². The van der Waals surface area contributed by atoms with Gasteiger partial charge < -0.3 is 24.6 Å². The van der Waals surface area contributed by atoms with Gasteiger partial charge in [0.1, 0.15) is 0 Å². The van der Waals surface area contributed by atoms with Gasteiger partial charge >= 0.3 is 0 Å². The van der Waals surface area contributed by atoms with Gasteiger partial charge in [0, 0.05) is 30.0 Å². The Morgan fingerprint density at radius 3 is 2.74 bits per heavy atom. The molecule has 31 heavy (non-hydrogen) atoms. The van der Waals surface area contributed by atoms with E-state index in [0.717, 1.165) is 30.9 Å². The zero-order chi connectivity index (χ0) is 19.5. The number of rotatable bonds is 2. The smallest absolute Gasteiger partial charge is 0.229 e. The van der Waals surface area contributed by atoms with Gasteiger partial charge in [-0.3, -0.25) is 9.69 Å². The van der Waals surface area contributed by atoms with Crippen molar-refractivity contribution in [3.05, 3.63) is 29.3 Å². The molecular formula is C23H29ClN2O5. The van der Waals surface area contributed by atoms with Crippen LogP contribution in [0, 0.1) is 11.8 Å². The number of hydrogen-bond donors (Lipinski definition) is 0. The number of nitrogens with zero attached hydrogens (tertiary/aromatic N) is 2. The second-order valence-corrected chi connectivity index (χ2v) is 9.48. The van der Waals surface area contributed by atoms with E-state index in [1.165, 1.54) is 12.0 Å². The Balaban J connectivity index is 0.00000102. The third-order valence-corrected chi connectivity index (χ3v) is 8.81. The van der Waals surface area contributed by atoms with Gasteiger partial charge in [0.25, 0.3) is 0 Å². The van der Waals surface area contributed by atoms with E-state index in [-0.39, 0.29) is 41.4 Å². The molecule has 8 heteroatoms. The van der Waals surface area contributed by atoms with Crippen LogP contribution < -0.4 is 14.4 Å². The van der Waals surface area contributed by atoms with E-state index < -0.39 is 0 Å². The summed E-state index contributed by atoms with van der Waals surface area (Å²) in [5.41, 5.74) is 3.85. The van der Waals surface area contributed by atoms with Crippen LogP contribution in [0.5, 0.6) is 11.5 Å². The van der Waals surface area contributed by atoms with Crippen LogP contribution in [0.1, 0.15) is 24.8 Å². The third-order valence-electron chi connectivity index (χ3n) is 8.81. The Kier molecular flexibility index (Phi) is 4.65. The number of carbonyl (C=O) groups is 1. The maximum Gasteiger partial charge on any atom is 0.229 e. The van der Waals surface area contributed by atoms with Gasteiger partial charge in [-0.25, -0.2) is 0 Å². The predicted octanol–water partition coefficient (Wildman–Crippen LogP) is 1.71. The summed E-state index contributed by atoms with van der Waals surface area (Å²) in [7, 11) is 3.36. The molecule has 3 saturated heterocycles. The molecule has 1 aromatic rings. The third kappa shape index (κ3) is 2.28. The summed E-state index contributed by atoms with van der Waals surface area (Å²) in [6, 6.07) is 4.87. The van der Waals surface area contributed by atoms with Crippen molar-refractivity contribution in [3.8, 4) is 11.5 Å². The van der Waals surface area contributed by atoms with Crippen LogP contribution in [0.15, 0.2) is 23.8 Å². The van der Waals surface area contributed by atoms with Gasteiger partial charge in [0.05, 0.1) is 45.1 Å². The number of carbonyl (C=O) groups excluding carboxylic acids is 1. The number of halogens is 1. The molecule has 1 aliphatic carbocycles. The van der Waals surface area contributed by atoms with Crippen LogP contribution in [0.3, 0.4) is 0 Å². The topological polar surface area (TPSA) is 82.7 Å². The minimum Gasteiger partial charge on any atom is -0.493 e. The molecule has 1 aromatic carbocycles. The number of methoxy groups -OCH3 is 2. The fourth-order valence-electron chi connectivity index (χ4n) is 7.87. The summed E-state index contributed by atoms with van der Waals surface area (Å²) in [6.45, 7) is 2.80. The highest BCUT2D eigenvalue weighted by Crippen LogP contribution is 2.66. The van der Waals surface area contributed by atoms with E-state index in [1.54, 1.807) is 19.8 Å². The van der Waals surface area contributed by atoms with Crippen LogP contribution in [0.25, 0.3) is 0 Å². The van der Waals surface area contributed by atoms with Crippen LogP contribution in [-0.4, -0.2) is 68.4 Å². The van der Waals surface area contributed by atoms with Gasteiger partial charge in [-0.05, 0) is 36.9 Å². The molecule has 5 heterocycles. The van der Waals surface area contributed by atoms with Crippen molar-refractivity contribution in [3.63, 3.8) is 0 Å². The highest BCUT2D eigenvalue weighted by molar-refractivity contribution is 5.99. The molecule has 1 spiro atoms. The number of piperidine rings is 2. The second-order valence-electron chi connectivity index (χ2n) is 9.48. The minimum absolute atomic E-state index is 0. The first-order chi connectivity index (χ1) is 14.2. The molecular weight excluding hydrogens is 420 g/mol. The van der Waals surface area contributed by atoms with Crippen molar-refractivity contribution in [2.24, 2.45) is 11.8 Å². The number of fused-ring (bicyclic) bond motifs is 2. The molecule has 1 amide bonds. The summed E-state index contributed by atoms with van der Waals surface area (Å²) >= 11 is 0. The average Bonchev–Trinajstić information content (AvgIpc) is 3.20. The second kappa shape index (κ2) is 6.85. The lowest BCUT2D eigenvalue weighted by atomic mass is 9.53. The van der Waals surface area contributed by atoms with Gasteiger partial charge in [-0.15, -0.1) is 12.4 Å². The maximum atomic E-state index is 13.5. The van der Waals surface area contributed by atoms with Crippen molar-refractivity contribution in [2.75, 3.05) is 38.8 Å². The Bertz CT molecular complexity index is 983.